The summed E-state index contributed by atoms with van der Waals surface area (Å²) in [5.74, 6) is 0.586. The summed E-state index contributed by atoms with van der Waals surface area (Å²) in [5.41, 5.74) is 6.10. The molecule has 0 saturated carbocycles. The maximum absolute atomic E-state index is 13.2. The van der Waals surface area contributed by atoms with E-state index in [9.17, 15) is 4.79 Å². The molecular weight excluding hydrogens is 430 g/mol. The Kier molecular flexibility index (Phi) is 5.36. The molecule has 154 valence electrons. The molecule has 2 atom stereocenters. The average Bonchev–Trinajstić information content (AvgIpc) is 3.23. The van der Waals surface area contributed by atoms with Crippen LogP contribution in [-0.2, 0) is 4.79 Å². The van der Waals surface area contributed by atoms with Gasteiger partial charge in [0.05, 0.1) is 6.04 Å². The Morgan fingerprint density at radius 3 is 2.32 bits per heavy atom. The standard InChI is InChI=1S/C23H18ClN5OS/c24-17-13-11-15(12-14-17)19-20(22(30)25-18-9-5-2-6-10-18)31-23-27-26-21(29(23)28-19)16-7-3-1-4-8-16/h1-14,19-20,28H,(H,25,30)/t19-,20-/m1/s1. The van der Waals surface area contributed by atoms with E-state index in [0.29, 0.717) is 16.0 Å². The summed E-state index contributed by atoms with van der Waals surface area (Å²) in [6.45, 7) is 0. The third-order valence-electron chi connectivity index (χ3n) is 5.00. The van der Waals surface area contributed by atoms with Crippen LogP contribution in [0.25, 0.3) is 11.4 Å². The van der Waals surface area contributed by atoms with Crippen LogP contribution in [0.3, 0.4) is 0 Å². The van der Waals surface area contributed by atoms with Gasteiger partial charge < -0.3 is 10.7 Å². The summed E-state index contributed by atoms with van der Waals surface area (Å²) in [5, 5.41) is 12.5. The van der Waals surface area contributed by atoms with Crippen LogP contribution in [0.2, 0.25) is 5.02 Å². The van der Waals surface area contributed by atoms with E-state index in [1.54, 1.807) is 0 Å². The molecule has 2 N–H and O–H groups in total. The number of carbonyl (C=O) groups is 1. The van der Waals surface area contributed by atoms with E-state index in [0.717, 1.165) is 16.8 Å². The Hall–Kier alpha value is -3.29. The molecule has 0 aliphatic carbocycles. The lowest BCUT2D eigenvalue weighted by molar-refractivity contribution is -0.116. The summed E-state index contributed by atoms with van der Waals surface area (Å²) < 4.78 is 1.85. The number of aromatic nitrogens is 3. The van der Waals surface area contributed by atoms with Gasteiger partial charge in [0.2, 0.25) is 11.1 Å². The largest absolute Gasteiger partial charge is 0.325 e. The minimum absolute atomic E-state index is 0.112. The summed E-state index contributed by atoms with van der Waals surface area (Å²) in [6, 6.07) is 26.5. The molecule has 1 amide bonds. The second kappa shape index (κ2) is 8.45. The molecule has 4 aromatic rings. The number of rotatable bonds is 4. The predicted octanol–water partition coefficient (Wildman–Crippen LogP) is 5.00. The topological polar surface area (TPSA) is 71.8 Å². The molecular formula is C23H18ClN5OS. The van der Waals surface area contributed by atoms with Gasteiger partial charge in [0.25, 0.3) is 0 Å². The molecule has 0 bridgehead atoms. The number of nitrogens with zero attached hydrogens (tertiary/aromatic N) is 3. The number of halogens is 1. The number of carbonyl (C=O) groups excluding carboxylic acids is 1. The fourth-order valence-corrected chi connectivity index (χ4v) is 4.69. The van der Waals surface area contributed by atoms with Crippen molar-refractivity contribution in [2.45, 2.75) is 16.4 Å². The van der Waals surface area contributed by atoms with Crippen molar-refractivity contribution in [3.05, 3.63) is 95.5 Å². The Morgan fingerprint density at radius 2 is 1.61 bits per heavy atom. The predicted molar refractivity (Wildman–Crippen MR) is 124 cm³/mol. The number of nitrogens with one attached hydrogen (secondary N) is 2. The van der Waals surface area contributed by atoms with E-state index < -0.39 is 5.25 Å². The van der Waals surface area contributed by atoms with E-state index >= 15 is 0 Å². The molecule has 5 rings (SSSR count). The molecule has 0 spiro atoms. The summed E-state index contributed by atoms with van der Waals surface area (Å²) in [6.07, 6.45) is 0. The zero-order valence-electron chi connectivity index (χ0n) is 16.3. The fraction of sp³-hybridized carbons (Fsp3) is 0.0870. The zero-order valence-corrected chi connectivity index (χ0v) is 17.8. The lowest BCUT2D eigenvalue weighted by Crippen LogP contribution is -2.41. The van der Waals surface area contributed by atoms with Crippen molar-refractivity contribution in [1.29, 1.82) is 0 Å². The van der Waals surface area contributed by atoms with Crippen LogP contribution in [0.15, 0.2) is 90.1 Å². The molecule has 0 unspecified atom stereocenters. The number of hydrogen-bond acceptors (Lipinski definition) is 5. The molecule has 8 heteroatoms. The van der Waals surface area contributed by atoms with Gasteiger partial charge in [-0.1, -0.05) is 84.0 Å². The van der Waals surface area contributed by atoms with E-state index in [1.807, 2.05) is 89.6 Å². The van der Waals surface area contributed by atoms with E-state index in [2.05, 4.69) is 20.9 Å². The van der Waals surface area contributed by atoms with Gasteiger partial charge in [-0.2, -0.15) is 0 Å². The third kappa shape index (κ3) is 4.02. The molecule has 3 aromatic carbocycles. The molecule has 6 nitrogen and oxygen atoms in total. The van der Waals surface area contributed by atoms with Gasteiger partial charge in [0.1, 0.15) is 5.25 Å². The fourth-order valence-electron chi connectivity index (χ4n) is 3.48. The van der Waals surface area contributed by atoms with Crippen LogP contribution in [0.4, 0.5) is 5.69 Å². The summed E-state index contributed by atoms with van der Waals surface area (Å²) >= 11 is 7.48. The normalized spacial score (nSPS) is 17.5. The van der Waals surface area contributed by atoms with Gasteiger partial charge in [-0.3, -0.25) is 4.79 Å². The molecule has 2 heterocycles. The summed E-state index contributed by atoms with van der Waals surface area (Å²) in [7, 11) is 0. The van der Waals surface area contributed by atoms with Crippen molar-refractivity contribution in [3.8, 4) is 11.4 Å². The second-order valence-corrected chi connectivity index (χ2v) is 8.60. The van der Waals surface area contributed by atoms with Gasteiger partial charge in [0, 0.05) is 16.3 Å². The molecule has 0 saturated heterocycles. The van der Waals surface area contributed by atoms with E-state index in [1.165, 1.54) is 11.8 Å². The van der Waals surface area contributed by atoms with Gasteiger partial charge in [-0.05, 0) is 29.8 Å². The average molecular weight is 448 g/mol. The van der Waals surface area contributed by atoms with Crippen molar-refractivity contribution in [2.75, 3.05) is 10.7 Å². The Balaban J connectivity index is 1.52. The number of fused-ring (bicyclic) bond motifs is 1. The highest BCUT2D eigenvalue weighted by atomic mass is 35.5. The first kappa shape index (κ1) is 19.7. The highest BCUT2D eigenvalue weighted by Crippen LogP contribution is 2.39. The van der Waals surface area contributed by atoms with Crippen LogP contribution in [0, 0.1) is 0 Å². The lowest BCUT2D eigenvalue weighted by Gasteiger charge is -2.33. The number of anilines is 1. The highest BCUT2D eigenvalue weighted by Gasteiger charge is 2.38. The minimum atomic E-state index is -0.457. The maximum Gasteiger partial charge on any atom is 0.240 e. The van der Waals surface area contributed by atoms with Crippen LogP contribution in [-0.4, -0.2) is 26.0 Å². The van der Waals surface area contributed by atoms with E-state index in [4.69, 9.17) is 11.6 Å². The highest BCUT2D eigenvalue weighted by molar-refractivity contribution is 8.00. The van der Waals surface area contributed by atoms with Crippen LogP contribution >= 0.6 is 23.4 Å². The SMILES string of the molecule is O=C(Nc1ccccc1)[C@@H]1Sc2nnc(-c3ccccc3)n2N[C@@H]1c1ccc(Cl)cc1. The van der Waals surface area contributed by atoms with Crippen LogP contribution in [0.5, 0.6) is 0 Å². The number of benzene rings is 3. The lowest BCUT2D eigenvalue weighted by atomic mass is 10.0. The Bertz CT molecular complexity index is 1200. The molecule has 1 aliphatic rings. The number of amides is 1. The zero-order chi connectivity index (χ0) is 21.2. The molecule has 0 radical (unpaired) electrons. The van der Waals surface area contributed by atoms with Crippen molar-refractivity contribution in [1.82, 2.24) is 14.9 Å². The molecule has 0 fully saturated rings. The van der Waals surface area contributed by atoms with E-state index in [-0.39, 0.29) is 11.9 Å². The van der Waals surface area contributed by atoms with Gasteiger partial charge in [-0.15, -0.1) is 10.2 Å². The van der Waals surface area contributed by atoms with Gasteiger partial charge >= 0.3 is 0 Å². The molecule has 31 heavy (non-hydrogen) atoms. The molecule has 1 aromatic heterocycles. The smallest absolute Gasteiger partial charge is 0.240 e. The molecule has 1 aliphatic heterocycles. The summed E-state index contributed by atoms with van der Waals surface area (Å²) in [4.78, 5) is 13.2. The number of hydrogen-bond donors (Lipinski definition) is 2. The maximum atomic E-state index is 13.2. The van der Waals surface area contributed by atoms with Gasteiger partial charge in [0.15, 0.2) is 5.82 Å². The minimum Gasteiger partial charge on any atom is -0.325 e. The second-order valence-electron chi connectivity index (χ2n) is 7.06. The van der Waals surface area contributed by atoms with Crippen molar-refractivity contribution < 1.29 is 4.79 Å². The number of para-hydroxylation sites is 1. The van der Waals surface area contributed by atoms with Crippen LogP contribution in [0.1, 0.15) is 11.6 Å². The Morgan fingerprint density at radius 1 is 0.935 bits per heavy atom. The first-order valence-electron chi connectivity index (χ1n) is 9.74. The van der Waals surface area contributed by atoms with Crippen LogP contribution < -0.4 is 10.7 Å². The quantitative estimate of drug-likeness (QED) is 0.460. The van der Waals surface area contributed by atoms with Gasteiger partial charge in [-0.25, -0.2) is 4.68 Å². The first-order chi connectivity index (χ1) is 15.2. The van der Waals surface area contributed by atoms with Crippen molar-refractivity contribution in [2.24, 2.45) is 0 Å². The Labute approximate surface area is 188 Å². The van der Waals surface area contributed by atoms with Crippen molar-refractivity contribution in [3.63, 3.8) is 0 Å². The monoisotopic (exact) mass is 447 g/mol. The third-order valence-corrected chi connectivity index (χ3v) is 6.46. The van der Waals surface area contributed by atoms with Crippen molar-refractivity contribution >= 4 is 35.0 Å². The number of thioether (sulfide) groups is 1. The first-order valence-corrected chi connectivity index (χ1v) is 11.0.